The van der Waals surface area contributed by atoms with Crippen LogP contribution in [-0.2, 0) is 36.8 Å². The minimum Gasteiger partial charge on any atom is -0.481 e. The zero-order chi connectivity index (χ0) is 38.8. The van der Waals surface area contributed by atoms with E-state index in [-0.39, 0.29) is 57.3 Å². The summed E-state index contributed by atoms with van der Waals surface area (Å²) < 4.78 is 0. The van der Waals surface area contributed by atoms with Gasteiger partial charge in [0.15, 0.2) is 0 Å². The number of carboxylic acids is 1. The van der Waals surface area contributed by atoms with Gasteiger partial charge in [0.25, 0.3) is 0 Å². The molecule has 5 atom stereocenters. The number of amides is 4. The number of piperidine rings is 1. The summed E-state index contributed by atoms with van der Waals surface area (Å²) in [6, 6.07) is 14.6. The Morgan fingerprint density at radius 1 is 0.792 bits per heavy atom. The van der Waals surface area contributed by atoms with Gasteiger partial charge in [0, 0.05) is 26.1 Å². The lowest BCUT2D eigenvalue weighted by atomic mass is 9.96. The van der Waals surface area contributed by atoms with Crippen LogP contribution < -0.4 is 27.0 Å². The van der Waals surface area contributed by atoms with Gasteiger partial charge in [-0.05, 0) is 68.5 Å². The van der Waals surface area contributed by atoms with E-state index in [1.165, 1.54) is 0 Å². The Hall–Kier alpha value is -4.37. The lowest BCUT2D eigenvalue weighted by Gasteiger charge is -2.34. The van der Waals surface area contributed by atoms with Crippen LogP contribution in [0.2, 0.25) is 0 Å². The third kappa shape index (κ3) is 15.3. The SMILES string of the molecule is CC(C)C[C@@H](NC(=O)[C@@H](Cc1ccccc1)NC(=O)[C@H](N)Cc1ccccc1)C(=O)N[C@H](CCCCNC[C@@H](O)CO)C(=O)N1CCC(C(=O)O)CC1. The highest BCUT2D eigenvalue weighted by Gasteiger charge is 2.34. The highest BCUT2D eigenvalue weighted by molar-refractivity contribution is 5.95. The molecule has 53 heavy (non-hydrogen) atoms. The van der Waals surface area contributed by atoms with Crippen LogP contribution in [0, 0.1) is 11.8 Å². The van der Waals surface area contributed by atoms with Crippen molar-refractivity contribution in [2.24, 2.45) is 17.6 Å². The van der Waals surface area contributed by atoms with E-state index in [0.717, 1.165) is 11.1 Å². The summed E-state index contributed by atoms with van der Waals surface area (Å²) in [5.74, 6) is -3.37. The third-order valence-corrected chi connectivity index (χ3v) is 9.35. The van der Waals surface area contributed by atoms with Crippen molar-refractivity contribution in [2.45, 2.75) is 95.5 Å². The minimum atomic E-state index is -1.04. The summed E-state index contributed by atoms with van der Waals surface area (Å²) >= 11 is 0. The summed E-state index contributed by atoms with van der Waals surface area (Å²) in [4.78, 5) is 68.1. The molecule has 2 aromatic carbocycles. The molecule has 0 unspecified atom stereocenters. The molecule has 1 fully saturated rings. The molecule has 292 valence electrons. The van der Waals surface area contributed by atoms with Crippen molar-refractivity contribution in [3.8, 4) is 0 Å². The number of hydrogen-bond acceptors (Lipinski definition) is 9. The highest BCUT2D eigenvalue weighted by atomic mass is 16.4. The first kappa shape index (κ1) is 43.0. The van der Waals surface area contributed by atoms with Gasteiger partial charge in [-0.1, -0.05) is 74.5 Å². The number of carbonyl (C=O) groups is 5. The number of rotatable bonds is 22. The Labute approximate surface area is 312 Å². The molecule has 0 aromatic heterocycles. The van der Waals surface area contributed by atoms with E-state index in [9.17, 15) is 34.2 Å². The maximum absolute atomic E-state index is 14.0. The molecule has 2 aromatic rings. The van der Waals surface area contributed by atoms with Crippen LogP contribution in [-0.4, -0.2) is 113 Å². The fraction of sp³-hybridized carbons (Fsp3) is 0.564. The number of aliphatic hydroxyl groups is 2. The van der Waals surface area contributed by atoms with E-state index in [0.29, 0.717) is 38.6 Å². The lowest BCUT2D eigenvalue weighted by molar-refractivity contribution is -0.146. The number of nitrogens with zero attached hydrogens (tertiary/aromatic N) is 1. The summed E-state index contributed by atoms with van der Waals surface area (Å²) in [7, 11) is 0. The Morgan fingerprint density at radius 2 is 1.34 bits per heavy atom. The highest BCUT2D eigenvalue weighted by Crippen LogP contribution is 2.19. The van der Waals surface area contributed by atoms with Crippen LogP contribution in [0.4, 0.5) is 0 Å². The Balaban J connectivity index is 1.75. The van der Waals surface area contributed by atoms with Crippen LogP contribution in [0.15, 0.2) is 60.7 Å². The number of benzene rings is 2. The van der Waals surface area contributed by atoms with Gasteiger partial charge in [0.2, 0.25) is 23.6 Å². The second-order valence-electron chi connectivity index (χ2n) is 14.3. The van der Waals surface area contributed by atoms with Crippen molar-refractivity contribution in [1.29, 1.82) is 0 Å². The number of hydrogen-bond donors (Lipinski definition) is 8. The van der Waals surface area contributed by atoms with Crippen LogP contribution in [0.3, 0.4) is 0 Å². The summed E-state index contributed by atoms with van der Waals surface area (Å²) in [6.07, 6.45) is 1.90. The van der Waals surface area contributed by atoms with Crippen molar-refractivity contribution in [3.63, 3.8) is 0 Å². The predicted octanol–water partition coefficient (Wildman–Crippen LogP) is 0.736. The largest absolute Gasteiger partial charge is 0.481 e. The van der Waals surface area contributed by atoms with Crippen molar-refractivity contribution in [2.75, 3.05) is 32.8 Å². The Bertz CT molecular complexity index is 1440. The molecule has 1 aliphatic heterocycles. The quantitative estimate of drug-likeness (QED) is 0.0792. The van der Waals surface area contributed by atoms with Gasteiger partial charge in [-0.25, -0.2) is 0 Å². The van der Waals surface area contributed by atoms with Crippen molar-refractivity contribution in [1.82, 2.24) is 26.2 Å². The Morgan fingerprint density at radius 3 is 1.91 bits per heavy atom. The minimum absolute atomic E-state index is 0.0166. The van der Waals surface area contributed by atoms with Crippen LogP contribution >= 0.6 is 0 Å². The predicted molar refractivity (Wildman–Crippen MR) is 200 cm³/mol. The van der Waals surface area contributed by atoms with Gasteiger partial charge in [-0.2, -0.15) is 0 Å². The van der Waals surface area contributed by atoms with Gasteiger partial charge in [0.05, 0.1) is 24.7 Å². The molecule has 0 saturated carbocycles. The topological polar surface area (TPSA) is 223 Å². The molecule has 14 heteroatoms. The first-order chi connectivity index (χ1) is 25.4. The number of nitrogens with one attached hydrogen (secondary N) is 4. The van der Waals surface area contributed by atoms with Gasteiger partial charge in [-0.15, -0.1) is 0 Å². The van der Waals surface area contributed by atoms with Crippen molar-refractivity contribution >= 4 is 29.6 Å². The molecule has 4 amide bonds. The number of unbranched alkanes of at least 4 members (excludes halogenated alkanes) is 1. The van der Waals surface area contributed by atoms with Crippen LogP contribution in [0.1, 0.15) is 63.5 Å². The normalized spacial score (nSPS) is 16.2. The molecule has 0 radical (unpaired) electrons. The average molecular weight is 739 g/mol. The third-order valence-electron chi connectivity index (χ3n) is 9.35. The molecule has 1 aliphatic rings. The number of likely N-dealkylation sites (tertiary alicyclic amines) is 1. The average Bonchev–Trinajstić information content (AvgIpc) is 3.15. The second kappa shape index (κ2) is 22.6. The first-order valence-electron chi connectivity index (χ1n) is 18.6. The molecule has 14 nitrogen and oxygen atoms in total. The van der Waals surface area contributed by atoms with Crippen LogP contribution in [0.25, 0.3) is 0 Å². The molecule has 0 bridgehead atoms. The monoisotopic (exact) mass is 738 g/mol. The van der Waals surface area contributed by atoms with E-state index < -0.39 is 59.9 Å². The fourth-order valence-corrected chi connectivity index (χ4v) is 6.30. The van der Waals surface area contributed by atoms with E-state index in [2.05, 4.69) is 21.3 Å². The van der Waals surface area contributed by atoms with E-state index in [4.69, 9.17) is 10.8 Å². The molecule has 0 spiro atoms. The van der Waals surface area contributed by atoms with Gasteiger partial charge < -0.3 is 47.2 Å². The standard InChI is InChI=1S/C39H58N6O8/c1-26(2)21-33(44-37(50)34(23-28-13-7-4-8-14-28)43-35(48)31(40)22-27-11-5-3-6-12-27)36(49)42-32(15-9-10-18-41-24-30(47)25-46)38(51)45-19-16-29(17-20-45)39(52)53/h3-8,11-14,26,29-34,41,46-47H,9-10,15-25,40H2,1-2H3,(H,42,49)(H,43,48)(H,44,50)(H,52,53)/t30-,31-,32-,33-,34-/m1/s1. The molecular weight excluding hydrogens is 680 g/mol. The summed E-state index contributed by atoms with van der Waals surface area (Å²) in [5, 5.41) is 39.6. The number of carbonyl (C=O) groups excluding carboxylic acids is 4. The van der Waals surface area contributed by atoms with E-state index in [1.807, 2.05) is 74.5 Å². The number of carboxylic acid groups (broad SMARTS) is 1. The molecule has 1 saturated heterocycles. The number of aliphatic carboxylic acids is 1. The maximum atomic E-state index is 14.0. The van der Waals surface area contributed by atoms with E-state index in [1.54, 1.807) is 4.90 Å². The maximum Gasteiger partial charge on any atom is 0.306 e. The molecule has 9 N–H and O–H groups in total. The first-order valence-corrected chi connectivity index (χ1v) is 18.6. The van der Waals surface area contributed by atoms with Gasteiger partial charge >= 0.3 is 5.97 Å². The molecule has 3 rings (SSSR count). The molecule has 1 heterocycles. The van der Waals surface area contributed by atoms with Gasteiger partial charge in [-0.3, -0.25) is 24.0 Å². The fourth-order valence-electron chi connectivity index (χ4n) is 6.30. The zero-order valence-corrected chi connectivity index (χ0v) is 30.9. The summed E-state index contributed by atoms with van der Waals surface area (Å²) in [5.41, 5.74) is 7.94. The number of nitrogens with two attached hydrogens (primary N) is 1. The molecule has 0 aliphatic carbocycles. The van der Waals surface area contributed by atoms with Crippen molar-refractivity contribution in [3.05, 3.63) is 71.8 Å². The smallest absolute Gasteiger partial charge is 0.306 e. The van der Waals surface area contributed by atoms with E-state index >= 15 is 0 Å². The van der Waals surface area contributed by atoms with Crippen molar-refractivity contribution < 1.29 is 39.3 Å². The van der Waals surface area contributed by atoms with Crippen LogP contribution in [0.5, 0.6) is 0 Å². The lowest BCUT2D eigenvalue weighted by Crippen LogP contribution is -2.59. The Kier molecular flexibility index (Phi) is 18.4. The summed E-state index contributed by atoms with van der Waals surface area (Å²) in [6.45, 7) is 4.71. The zero-order valence-electron chi connectivity index (χ0n) is 30.9. The molecular formula is C39H58N6O8. The van der Waals surface area contributed by atoms with Gasteiger partial charge in [0.1, 0.15) is 18.1 Å². The second-order valence-corrected chi connectivity index (χ2v) is 14.3. The number of aliphatic hydroxyl groups excluding tert-OH is 2.